The zero-order chi connectivity index (χ0) is 9.26. The second-order valence-corrected chi connectivity index (χ2v) is 4.70. The van der Waals surface area contributed by atoms with Crippen molar-refractivity contribution in [3.8, 4) is 0 Å². The molecule has 0 aromatic heterocycles. The van der Waals surface area contributed by atoms with Gasteiger partial charge in [-0.2, -0.15) is 0 Å². The number of hydrogen-bond donors (Lipinski definition) is 1. The molecule has 0 radical (unpaired) electrons. The Balaban J connectivity index is 2.35. The zero-order valence-electron chi connectivity index (χ0n) is 7.41. The molecule has 0 fully saturated rings. The summed E-state index contributed by atoms with van der Waals surface area (Å²) in [6, 6.07) is 8.30. The van der Waals surface area contributed by atoms with Crippen LogP contribution >= 0.6 is 24.0 Å². The fraction of sp³-hybridized carbons (Fsp3) is 0.300. The average Bonchev–Trinajstić information content (AvgIpc) is 2.28. The number of rotatable bonds is 0. The largest absolute Gasteiger partial charge is 0.349 e. The van der Waals surface area contributed by atoms with E-state index in [1.165, 1.54) is 4.90 Å². The zero-order valence-corrected chi connectivity index (χ0v) is 9.04. The summed E-state index contributed by atoms with van der Waals surface area (Å²) in [6.45, 7) is 2.16. The SMILES string of the molecule is C[C@H]1CSc2ccccc2NC1=S. The monoisotopic (exact) mass is 209 g/mol. The highest BCUT2D eigenvalue weighted by Crippen LogP contribution is 2.32. The molecule has 2 rings (SSSR count). The van der Waals surface area contributed by atoms with Gasteiger partial charge in [0.1, 0.15) is 0 Å². The second kappa shape index (κ2) is 3.68. The van der Waals surface area contributed by atoms with E-state index in [1.807, 2.05) is 17.8 Å². The van der Waals surface area contributed by atoms with Gasteiger partial charge in [-0.1, -0.05) is 31.3 Å². The summed E-state index contributed by atoms with van der Waals surface area (Å²) in [5.74, 6) is 1.54. The summed E-state index contributed by atoms with van der Waals surface area (Å²) in [7, 11) is 0. The van der Waals surface area contributed by atoms with Gasteiger partial charge >= 0.3 is 0 Å². The number of anilines is 1. The van der Waals surface area contributed by atoms with Crippen LogP contribution < -0.4 is 5.32 Å². The van der Waals surface area contributed by atoms with Crippen molar-refractivity contribution >= 4 is 34.7 Å². The lowest BCUT2D eigenvalue weighted by Gasteiger charge is -2.08. The molecule has 1 heterocycles. The minimum atomic E-state index is 0.465. The summed E-state index contributed by atoms with van der Waals surface area (Å²) >= 11 is 7.14. The van der Waals surface area contributed by atoms with E-state index in [-0.39, 0.29) is 0 Å². The molecule has 1 aromatic rings. The maximum atomic E-state index is 5.27. The topological polar surface area (TPSA) is 12.0 Å². The van der Waals surface area contributed by atoms with Crippen LogP contribution in [0.3, 0.4) is 0 Å². The summed E-state index contributed by atoms with van der Waals surface area (Å²) in [5, 5.41) is 3.28. The molecule has 13 heavy (non-hydrogen) atoms. The number of nitrogens with one attached hydrogen (secondary N) is 1. The van der Waals surface area contributed by atoms with Gasteiger partial charge in [-0.25, -0.2) is 0 Å². The number of hydrogen-bond acceptors (Lipinski definition) is 2. The predicted octanol–water partition coefficient (Wildman–Crippen LogP) is 3.17. The van der Waals surface area contributed by atoms with Gasteiger partial charge in [0.15, 0.2) is 0 Å². The van der Waals surface area contributed by atoms with Crippen LogP contribution in [0.15, 0.2) is 29.2 Å². The lowest BCUT2D eigenvalue weighted by atomic mass is 10.2. The van der Waals surface area contributed by atoms with Crippen LogP contribution in [0, 0.1) is 5.92 Å². The first-order chi connectivity index (χ1) is 6.27. The van der Waals surface area contributed by atoms with Crippen molar-refractivity contribution in [2.45, 2.75) is 11.8 Å². The van der Waals surface area contributed by atoms with Crippen LogP contribution in [0.4, 0.5) is 5.69 Å². The Hall–Kier alpha value is -0.540. The molecule has 0 aliphatic carbocycles. The van der Waals surface area contributed by atoms with Crippen LogP contribution in [0.5, 0.6) is 0 Å². The Morgan fingerprint density at radius 3 is 3.08 bits per heavy atom. The third kappa shape index (κ3) is 1.86. The molecule has 0 amide bonds. The van der Waals surface area contributed by atoms with E-state index in [9.17, 15) is 0 Å². The van der Waals surface area contributed by atoms with E-state index in [0.717, 1.165) is 16.4 Å². The van der Waals surface area contributed by atoms with Crippen molar-refractivity contribution in [3.05, 3.63) is 24.3 Å². The lowest BCUT2D eigenvalue weighted by Crippen LogP contribution is -2.17. The molecule has 3 heteroatoms. The number of benzene rings is 1. The molecule has 1 aliphatic rings. The quantitative estimate of drug-likeness (QED) is 0.659. The third-order valence-electron chi connectivity index (χ3n) is 2.08. The Morgan fingerprint density at radius 2 is 2.23 bits per heavy atom. The smallest absolute Gasteiger partial charge is 0.0834 e. The van der Waals surface area contributed by atoms with E-state index >= 15 is 0 Å². The van der Waals surface area contributed by atoms with Gasteiger partial charge in [-0.05, 0) is 12.1 Å². The van der Waals surface area contributed by atoms with E-state index in [4.69, 9.17) is 12.2 Å². The minimum Gasteiger partial charge on any atom is -0.349 e. The molecular weight excluding hydrogens is 198 g/mol. The van der Waals surface area contributed by atoms with Gasteiger partial charge in [0, 0.05) is 16.6 Å². The Kier molecular flexibility index (Phi) is 2.56. The van der Waals surface area contributed by atoms with Crippen molar-refractivity contribution in [2.75, 3.05) is 11.1 Å². The van der Waals surface area contributed by atoms with E-state index in [2.05, 4.69) is 30.4 Å². The van der Waals surface area contributed by atoms with Gasteiger partial charge in [-0.15, -0.1) is 11.8 Å². The maximum Gasteiger partial charge on any atom is 0.0834 e. The van der Waals surface area contributed by atoms with Crippen molar-refractivity contribution in [3.63, 3.8) is 0 Å². The molecule has 0 bridgehead atoms. The highest BCUT2D eigenvalue weighted by atomic mass is 32.2. The predicted molar refractivity (Wildman–Crippen MR) is 62.6 cm³/mol. The molecule has 0 saturated heterocycles. The lowest BCUT2D eigenvalue weighted by molar-refractivity contribution is 0.918. The normalized spacial score (nSPS) is 21.6. The van der Waals surface area contributed by atoms with Crippen molar-refractivity contribution in [1.82, 2.24) is 0 Å². The molecular formula is C10H11NS2. The van der Waals surface area contributed by atoms with Crippen LogP contribution in [0.25, 0.3) is 0 Å². The molecule has 68 valence electrons. The first-order valence-electron chi connectivity index (χ1n) is 4.30. The molecule has 0 unspecified atom stereocenters. The third-order valence-corrected chi connectivity index (χ3v) is 3.92. The molecule has 1 atom stereocenters. The molecule has 1 aliphatic heterocycles. The molecule has 1 aromatic carbocycles. The van der Waals surface area contributed by atoms with Crippen LogP contribution in [-0.4, -0.2) is 10.7 Å². The number of thioether (sulfide) groups is 1. The first kappa shape index (κ1) is 9.03. The Bertz CT molecular complexity index is 335. The second-order valence-electron chi connectivity index (χ2n) is 3.20. The van der Waals surface area contributed by atoms with Gasteiger partial charge in [0.25, 0.3) is 0 Å². The first-order valence-corrected chi connectivity index (χ1v) is 5.69. The Labute approximate surface area is 87.9 Å². The molecule has 0 spiro atoms. The van der Waals surface area contributed by atoms with E-state index in [0.29, 0.717) is 5.92 Å². The summed E-state index contributed by atoms with van der Waals surface area (Å²) in [6.07, 6.45) is 0. The highest BCUT2D eigenvalue weighted by molar-refractivity contribution is 7.99. The van der Waals surface area contributed by atoms with E-state index < -0.39 is 0 Å². The van der Waals surface area contributed by atoms with Gasteiger partial charge in [0.2, 0.25) is 0 Å². The van der Waals surface area contributed by atoms with Crippen LogP contribution in [-0.2, 0) is 0 Å². The molecule has 1 nitrogen and oxygen atoms in total. The number of thiocarbonyl (C=S) groups is 1. The fourth-order valence-corrected chi connectivity index (χ4v) is 2.59. The average molecular weight is 209 g/mol. The van der Waals surface area contributed by atoms with Gasteiger partial charge < -0.3 is 5.32 Å². The minimum absolute atomic E-state index is 0.465. The molecule has 1 N–H and O–H groups in total. The summed E-state index contributed by atoms with van der Waals surface area (Å²) in [5.41, 5.74) is 1.15. The number of para-hydroxylation sites is 1. The van der Waals surface area contributed by atoms with Gasteiger partial charge in [-0.3, -0.25) is 0 Å². The summed E-state index contributed by atoms with van der Waals surface area (Å²) < 4.78 is 0. The summed E-state index contributed by atoms with van der Waals surface area (Å²) in [4.78, 5) is 2.26. The van der Waals surface area contributed by atoms with Crippen molar-refractivity contribution in [1.29, 1.82) is 0 Å². The fourth-order valence-electron chi connectivity index (χ4n) is 1.24. The Morgan fingerprint density at radius 1 is 1.46 bits per heavy atom. The molecule has 0 saturated carbocycles. The van der Waals surface area contributed by atoms with E-state index in [1.54, 1.807) is 0 Å². The van der Waals surface area contributed by atoms with Crippen LogP contribution in [0.2, 0.25) is 0 Å². The van der Waals surface area contributed by atoms with Gasteiger partial charge in [0.05, 0.1) is 10.7 Å². The number of fused-ring (bicyclic) bond motifs is 1. The van der Waals surface area contributed by atoms with Crippen LogP contribution in [0.1, 0.15) is 6.92 Å². The maximum absolute atomic E-state index is 5.27. The standard InChI is InChI=1S/C10H11NS2/c1-7-6-13-9-5-3-2-4-8(9)11-10(7)12/h2-5,7H,6H2,1H3,(H,11,12)/t7-/m0/s1. The highest BCUT2D eigenvalue weighted by Gasteiger charge is 2.16. The van der Waals surface area contributed by atoms with Crippen molar-refractivity contribution < 1.29 is 0 Å². The van der Waals surface area contributed by atoms with Crippen molar-refractivity contribution in [2.24, 2.45) is 5.92 Å².